The highest BCUT2D eigenvalue weighted by Gasteiger charge is 2.33. The maximum Gasteiger partial charge on any atom is 0.225 e. The van der Waals surface area contributed by atoms with Gasteiger partial charge in [-0.15, -0.1) is 0 Å². The Morgan fingerprint density at radius 3 is 2.80 bits per heavy atom. The van der Waals surface area contributed by atoms with E-state index in [4.69, 9.17) is 10.5 Å². The number of hydrogen-bond donors (Lipinski definition) is 1. The average molecular weight is 276 g/mol. The van der Waals surface area contributed by atoms with E-state index < -0.39 is 0 Å². The molecule has 1 aromatic rings. The van der Waals surface area contributed by atoms with Gasteiger partial charge in [-0.3, -0.25) is 4.79 Å². The number of carbonyl (C=O) groups excluding carboxylic acids is 1. The Labute approximate surface area is 120 Å². The summed E-state index contributed by atoms with van der Waals surface area (Å²) in [5.74, 6) is 1.53. The van der Waals surface area contributed by atoms with Crippen LogP contribution < -0.4 is 10.5 Å². The van der Waals surface area contributed by atoms with Crippen LogP contribution in [0.25, 0.3) is 0 Å². The normalized spacial score (nSPS) is 21.7. The SMILES string of the molecule is CN(CCOc1ccccc1)C(=O)C1CCCC1CN. The first-order valence-corrected chi connectivity index (χ1v) is 7.35. The van der Waals surface area contributed by atoms with E-state index in [1.54, 1.807) is 4.90 Å². The first kappa shape index (κ1) is 14.9. The van der Waals surface area contributed by atoms with Gasteiger partial charge in [0.15, 0.2) is 0 Å². The molecule has 0 saturated heterocycles. The number of amides is 1. The Balaban J connectivity index is 1.76. The smallest absolute Gasteiger partial charge is 0.225 e. The van der Waals surface area contributed by atoms with Crippen molar-refractivity contribution in [1.82, 2.24) is 4.90 Å². The van der Waals surface area contributed by atoms with Gasteiger partial charge in [0.2, 0.25) is 5.91 Å². The topological polar surface area (TPSA) is 55.6 Å². The lowest BCUT2D eigenvalue weighted by Crippen LogP contribution is -2.38. The number of nitrogens with zero attached hydrogens (tertiary/aromatic N) is 1. The van der Waals surface area contributed by atoms with Gasteiger partial charge in [0, 0.05) is 13.0 Å². The molecule has 2 rings (SSSR count). The van der Waals surface area contributed by atoms with E-state index in [2.05, 4.69) is 0 Å². The number of nitrogens with two attached hydrogens (primary N) is 1. The molecule has 1 saturated carbocycles. The molecule has 0 radical (unpaired) electrons. The van der Waals surface area contributed by atoms with Crippen molar-refractivity contribution in [2.24, 2.45) is 17.6 Å². The van der Waals surface area contributed by atoms with Gasteiger partial charge in [-0.1, -0.05) is 24.6 Å². The molecule has 1 aromatic carbocycles. The highest BCUT2D eigenvalue weighted by atomic mass is 16.5. The second kappa shape index (κ2) is 7.29. The minimum atomic E-state index is 0.113. The molecule has 1 fully saturated rings. The van der Waals surface area contributed by atoms with Gasteiger partial charge in [-0.25, -0.2) is 0 Å². The number of rotatable bonds is 6. The summed E-state index contributed by atoms with van der Waals surface area (Å²) in [4.78, 5) is 14.2. The van der Waals surface area contributed by atoms with Crippen LogP contribution in [0.1, 0.15) is 19.3 Å². The van der Waals surface area contributed by atoms with Gasteiger partial charge in [0.1, 0.15) is 12.4 Å². The van der Waals surface area contributed by atoms with Crippen LogP contribution in [0.2, 0.25) is 0 Å². The Hall–Kier alpha value is -1.55. The summed E-state index contributed by atoms with van der Waals surface area (Å²) in [6.45, 7) is 1.75. The second-order valence-corrected chi connectivity index (χ2v) is 5.45. The second-order valence-electron chi connectivity index (χ2n) is 5.45. The fourth-order valence-corrected chi connectivity index (χ4v) is 2.85. The van der Waals surface area contributed by atoms with Crippen LogP contribution in [0.3, 0.4) is 0 Å². The maximum atomic E-state index is 12.4. The summed E-state index contributed by atoms with van der Waals surface area (Å²) in [7, 11) is 1.85. The molecule has 110 valence electrons. The zero-order chi connectivity index (χ0) is 14.4. The van der Waals surface area contributed by atoms with E-state index in [1.165, 1.54) is 0 Å². The molecular formula is C16H24N2O2. The van der Waals surface area contributed by atoms with Crippen molar-refractivity contribution in [3.8, 4) is 5.75 Å². The third-order valence-electron chi connectivity index (χ3n) is 4.09. The molecule has 1 aliphatic rings. The highest BCUT2D eigenvalue weighted by molar-refractivity contribution is 5.79. The van der Waals surface area contributed by atoms with E-state index >= 15 is 0 Å². The molecule has 1 aliphatic carbocycles. The summed E-state index contributed by atoms with van der Waals surface area (Å²) in [6.07, 6.45) is 3.18. The van der Waals surface area contributed by atoms with Crippen molar-refractivity contribution in [3.05, 3.63) is 30.3 Å². The lowest BCUT2D eigenvalue weighted by molar-refractivity contribution is -0.135. The summed E-state index contributed by atoms with van der Waals surface area (Å²) in [6, 6.07) is 9.67. The largest absolute Gasteiger partial charge is 0.492 e. The monoisotopic (exact) mass is 276 g/mol. The molecule has 0 spiro atoms. The third kappa shape index (κ3) is 3.73. The van der Waals surface area contributed by atoms with Gasteiger partial charge in [0.25, 0.3) is 0 Å². The molecule has 0 heterocycles. The Kier molecular flexibility index (Phi) is 5.41. The van der Waals surface area contributed by atoms with Gasteiger partial charge in [-0.05, 0) is 37.4 Å². The van der Waals surface area contributed by atoms with Gasteiger partial charge in [0.05, 0.1) is 6.54 Å². The molecule has 4 heteroatoms. The third-order valence-corrected chi connectivity index (χ3v) is 4.09. The highest BCUT2D eigenvalue weighted by Crippen LogP contribution is 2.32. The van der Waals surface area contributed by atoms with E-state index in [0.717, 1.165) is 25.0 Å². The summed E-state index contributed by atoms with van der Waals surface area (Å²) >= 11 is 0. The van der Waals surface area contributed by atoms with Crippen LogP contribution in [0.15, 0.2) is 30.3 Å². The standard InChI is InChI=1S/C16H24N2O2/c1-18(10-11-20-14-7-3-2-4-8-14)16(19)15-9-5-6-13(15)12-17/h2-4,7-8,13,15H,5-6,9-12,17H2,1H3. The molecule has 1 amide bonds. The molecule has 2 atom stereocenters. The molecule has 20 heavy (non-hydrogen) atoms. The van der Waals surface area contributed by atoms with Crippen LogP contribution in [-0.2, 0) is 4.79 Å². The molecule has 0 aliphatic heterocycles. The summed E-state index contributed by atoms with van der Waals surface area (Å²) in [5, 5.41) is 0. The first-order chi connectivity index (χ1) is 9.72. The van der Waals surface area contributed by atoms with E-state index in [1.807, 2.05) is 37.4 Å². The van der Waals surface area contributed by atoms with E-state index in [9.17, 15) is 4.79 Å². The molecular weight excluding hydrogens is 252 g/mol. The predicted molar refractivity (Wildman–Crippen MR) is 79.5 cm³/mol. The van der Waals surface area contributed by atoms with Gasteiger partial charge in [-0.2, -0.15) is 0 Å². The minimum Gasteiger partial charge on any atom is -0.492 e. The summed E-state index contributed by atoms with van der Waals surface area (Å²) in [5.41, 5.74) is 5.74. The lowest BCUT2D eigenvalue weighted by atomic mass is 9.95. The van der Waals surface area contributed by atoms with E-state index in [0.29, 0.717) is 25.6 Å². The number of carbonyl (C=O) groups is 1. The molecule has 0 bridgehead atoms. The molecule has 2 N–H and O–H groups in total. The number of benzene rings is 1. The predicted octanol–water partition coefficient (Wildman–Crippen LogP) is 1.90. The van der Waals surface area contributed by atoms with Crippen molar-refractivity contribution >= 4 is 5.91 Å². The number of hydrogen-bond acceptors (Lipinski definition) is 3. The summed E-state index contributed by atoms with van der Waals surface area (Å²) < 4.78 is 5.62. The van der Waals surface area contributed by atoms with Crippen molar-refractivity contribution in [1.29, 1.82) is 0 Å². The fraction of sp³-hybridized carbons (Fsp3) is 0.562. The van der Waals surface area contributed by atoms with Crippen molar-refractivity contribution in [3.63, 3.8) is 0 Å². The van der Waals surface area contributed by atoms with Crippen LogP contribution in [0.5, 0.6) is 5.75 Å². The van der Waals surface area contributed by atoms with Crippen molar-refractivity contribution in [2.45, 2.75) is 19.3 Å². The fourth-order valence-electron chi connectivity index (χ4n) is 2.85. The van der Waals surface area contributed by atoms with E-state index in [-0.39, 0.29) is 11.8 Å². The minimum absolute atomic E-state index is 0.113. The number of para-hydroxylation sites is 1. The van der Waals surface area contributed by atoms with Crippen LogP contribution >= 0.6 is 0 Å². The molecule has 0 aromatic heterocycles. The van der Waals surface area contributed by atoms with Crippen molar-refractivity contribution in [2.75, 3.05) is 26.7 Å². The average Bonchev–Trinajstić information content (AvgIpc) is 2.96. The lowest BCUT2D eigenvalue weighted by Gasteiger charge is -2.24. The van der Waals surface area contributed by atoms with Crippen molar-refractivity contribution < 1.29 is 9.53 Å². The van der Waals surface area contributed by atoms with Gasteiger partial charge >= 0.3 is 0 Å². The Morgan fingerprint density at radius 2 is 2.10 bits per heavy atom. The Bertz CT molecular complexity index is 422. The maximum absolute atomic E-state index is 12.4. The number of likely N-dealkylation sites (N-methyl/N-ethyl adjacent to an activating group) is 1. The zero-order valence-electron chi connectivity index (χ0n) is 12.1. The van der Waals surface area contributed by atoms with Crippen LogP contribution in [0, 0.1) is 11.8 Å². The van der Waals surface area contributed by atoms with Crippen LogP contribution in [0.4, 0.5) is 0 Å². The first-order valence-electron chi connectivity index (χ1n) is 7.35. The van der Waals surface area contributed by atoms with Crippen LogP contribution in [-0.4, -0.2) is 37.6 Å². The number of ether oxygens (including phenoxy) is 1. The zero-order valence-corrected chi connectivity index (χ0v) is 12.1. The quantitative estimate of drug-likeness (QED) is 0.863. The van der Waals surface area contributed by atoms with Gasteiger partial charge < -0.3 is 15.4 Å². The molecule has 4 nitrogen and oxygen atoms in total. The molecule has 2 unspecified atom stereocenters. The Morgan fingerprint density at radius 1 is 1.35 bits per heavy atom.